The summed E-state index contributed by atoms with van der Waals surface area (Å²) in [4.78, 5) is 25.1. The predicted octanol–water partition coefficient (Wildman–Crippen LogP) is 4.18. The third-order valence-corrected chi connectivity index (χ3v) is 7.66. The summed E-state index contributed by atoms with van der Waals surface area (Å²) >= 11 is 0. The number of nitriles is 1. The number of nitrogens with zero attached hydrogens (tertiary/aromatic N) is 5. The van der Waals surface area contributed by atoms with Crippen LogP contribution in [0.2, 0.25) is 0 Å². The van der Waals surface area contributed by atoms with Crippen molar-refractivity contribution in [3.05, 3.63) is 83.4 Å². The van der Waals surface area contributed by atoms with Crippen LogP contribution in [0.4, 0.5) is 20.2 Å². The minimum Gasteiger partial charge on any atom is -0.494 e. The predicted molar refractivity (Wildman–Crippen MR) is 140 cm³/mol. The Morgan fingerprint density at radius 1 is 1.18 bits per heavy atom. The fraction of sp³-hybridized carbons (Fsp3) is 0.192. The highest BCUT2D eigenvalue weighted by Crippen LogP contribution is 2.33. The second-order valence-electron chi connectivity index (χ2n) is 8.29. The zero-order chi connectivity index (χ0) is 28.2. The molecule has 0 spiro atoms. The molecule has 4 aromatic rings. The molecule has 0 atom stereocenters. The van der Waals surface area contributed by atoms with Crippen LogP contribution in [0.1, 0.15) is 34.8 Å². The van der Waals surface area contributed by atoms with E-state index < -0.39 is 45.5 Å². The smallest absolute Gasteiger partial charge is 0.258 e. The van der Waals surface area contributed by atoms with Gasteiger partial charge in [-0.1, -0.05) is 13.0 Å². The molecule has 2 aromatic heterocycles. The summed E-state index contributed by atoms with van der Waals surface area (Å²) in [5.74, 6) is -3.03. The summed E-state index contributed by atoms with van der Waals surface area (Å²) in [5, 5.41) is 12.0. The Bertz CT molecular complexity index is 1700. The quantitative estimate of drug-likeness (QED) is 0.326. The number of fused-ring (bicyclic) bond motifs is 1. The Morgan fingerprint density at radius 2 is 1.97 bits per heavy atom. The van der Waals surface area contributed by atoms with E-state index in [0.717, 1.165) is 16.4 Å². The second kappa shape index (κ2) is 11.4. The molecule has 1 N–H and O–H groups in total. The van der Waals surface area contributed by atoms with Gasteiger partial charge in [0, 0.05) is 6.20 Å². The maximum absolute atomic E-state index is 16.0. The lowest BCUT2D eigenvalue weighted by Gasteiger charge is -2.26. The summed E-state index contributed by atoms with van der Waals surface area (Å²) in [6.45, 7) is 1.23. The summed E-state index contributed by atoms with van der Waals surface area (Å²) in [6.07, 6.45) is 4.21. The Morgan fingerprint density at radius 3 is 2.67 bits per heavy atom. The van der Waals surface area contributed by atoms with Crippen molar-refractivity contribution in [2.75, 3.05) is 22.5 Å². The molecular formula is C26H22F2N6O4S. The topological polar surface area (TPSA) is 138 Å². The van der Waals surface area contributed by atoms with Gasteiger partial charge in [0.15, 0.2) is 17.4 Å². The van der Waals surface area contributed by atoms with Crippen molar-refractivity contribution in [1.29, 1.82) is 5.26 Å². The number of benzene rings is 2. The number of ether oxygens (including phenoxy) is 1. The van der Waals surface area contributed by atoms with Crippen molar-refractivity contribution in [3.8, 4) is 11.8 Å². The van der Waals surface area contributed by atoms with Gasteiger partial charge in [0.05, 0.1) is 48.1 Å². The number of hydrogen-bond acceptors (Lipinski definition) is 8. The number of pyridine rings is 1. The number of halogens is 2. The fourth-order valence-electron chi connectivity index (χ4n) is 3.91. The Labute approximate surface area is 223 Å². The SMILES string of the molecule is CCCS(=O)(=O)N(Cc1ccc(OC)c(F)c1)c1ccc(C#N)c(NC(=O)c2ccnc3cncnc23)c1F. The Balaban J connectivity index is 1.79. The van der Waals surface area contributed by atoms with Crippen LogP contribution in [0.5, 0.6) is 5.75 Å². The van der Waals surface area contributed by atoms with Crippen molar-refractivity contribution in [3.63, 3.8) is 0 Å². The summed E-state index contributed by atoms with van der Waals surface area (Å²) < 4.78 is 62.5. The van der Waals surface area contributed by atoms with Crippen LogP contribution in [0.15, 0.2) is 55.1 Å². The monoisotopic (exact) mass is 552 g/mol. The zero-order valence-corrected chi connectivity index (χ0v) is 21.7. The van der Waals surface area contributed by atoms with E-state index in [9.17, 15) is 22.9 Å². The van der Waals surface area contributed by atoms with E-state index in [1.165, 1.54) is 50.1 Å². The number of hydrogen-bond donors (Lipinski definition) is 1. The van der Waals surface area contributed by atoms with Crippen LogP contribution >= 0.6 is 0 Å². The van der Waals surface area contributed by atoms with Gasteiger partial charge in [0.1, 0.15) is 23.4 Å². The number of aromatic nitrogens is 3. The van der Waals surface area contributed by atoms with Gasteiger partial charge in [0.25, 0.3) is 5.91 Å². The largest absolute Gasteiger partial charge is 0.494 e. The number of sulfonamides is 1. The first-order valence-electron chi connectivity index (χ1n) is 11.6. The highest BCUT2D eigenvalue weighted by molar-refractivity contribution is 7.92. The third kappa shape index (κ3) is 5.60. The molecule has 0 aliphatic heterocycles. The van der Waals surface area contributed by atoms with Gasteiger partial charge in [-0.25, -0.2) is 27.2 Å². The normalized spacial score (nSPS) is 11.2. The number of amides is 1. The first-order chi connectivity index (χ1) is 18.7. The second-order valence-corrected chi connectivity index (χ2v) is 10.3. The number of methoxy groups -OCH3 is 1. The molecule has 13 heteroatoms. The van der Waals surface area contributed by atoms with Crippen LogP contribution in [0.3, 0.4) is 0 Å². The van der Waals surface area contributed by atoms with Crippen molar-refractivity contribution in [2.24, 2.45) is 0 Å². The minimum atomic E-state index is -4.10. The molecule has 2 heterocycles. The van der Waals surface area contributed by atoms with E-state index in [1.54, 1.807) is 13.0 Å². The van der Waals surface area contributed by atoms with E-state index >= 15 is 4.39 Å². The van der Waals surface area contributed by atoms with Gasteiger partial charge >= 0.3 is 0 Å². The van der Waals surface area contributed by atoms with Crippen molar-refractivity contribution in [1.82, 2.24) is 15.0 Å². The molecule has 0 aliphatic carbocycles. The fourth-order valence-corrected chi connectivity index (χ4v) is 5.43. The van der Waals surface area contributed by atoms with E-state index in [2.05, 4.69) is 20.3 Å². The molecule has 39 heavy (non-hydrogen) atoms. The van der Waals surface area contributed by atoms with Gasteiger partial charge < -0.3 is 10.1 Å². The maximum Gasteiger partial charge on any atom is 0.258 e. The summed E-state index contributed by atoms with van der Waals surface area (Å²) in [7, 11) is -2.81. The van der Waals surface area contributed by atoms with Crippen LogP contribution in [-0.4, -0.2) is 42.1 Å². The van der Waals surface area contributed by atoms with Gasteiger partial charge in [-0.15, -0.1) is 0 Å². The zero-order valence-electron chi connectivity index (χ0n) is 20.9. The number of carbonyl (C=O) groups is 1. The number of nitrogens with one attached hydrogen (secondary N) is 1. The molecule has 0 radical (unpaired) electrons. The molecule has 0 bridgehead atoms. The molecule has 0 saturated carbocycles. The lowest BCUT2D eigenvalue weighted by atomic mass is 10.1. The van der Waals surface area contributed by atoms with E-state index in [4.69, 9.17) is 4.74 Å². The molecule has 0 saturated heterocycles. The molecule has 0 fully saturated rings. The van der Waals surface area contributed by atoms with E-state index in [-0.39, 0.29) is 40.1 Å². The van der Waals surface area contributed by atoms with Crippen molar-refractivity contribution in [2.45, 2.75) is 19.9 Å². The van der Waals surface area contributed by atoms with Crippen molar-refractivity contribution >= 4 is 38.3 Å². The van der Waals surface area contributed by atoms with Crippen LogP contribution < -0.4 is 14.4 Å². The molecule has 0 aliphatic rings. The van der Waals surface area contributed by atoms with Crippen molar-refractivity contribution < 1.29 is 26.7 Å². The van der Waals surface area contributed by atoms with Crippen LogP contribution in [0, 0.1) is 23.0 Å². The molecule has 10 nitrogen and oxygen atoms in total. The highest BCUT2D eigenvalue weighted by atomic mass is 32.2. The molecular weight excluding hydrogens is 530 g/mol. The first-order valence-corrected chi connectivity index (χ1v) is 13.2. The molecule has 2 aromatic carbocycles. The summed E-state index contributed by atoms with van der Waals surface area (Å²) in [5.41, 5.74) is -0.379. The van der Waals surface area contributed by atoms with Crippen LogP contribution in [0.25, 0.3) is 11.0 Å². The minimum absolute atomic E-state index is 0.0369. The molecule has 0 unspecified atom stereocenters. The highest BCUT2D eigenvalue weighted by Gasteiger charge is 2.28. The lowest BCUT2D eigenvalue weighted by molar-refractivity contribution is 0.102. The average molecular weight is 553 g/mol. The number of carbonyl (C=O) groups excluding carboxylic acids is 1. The molecule has 4 rings (SSSR count). The average Bonchev–Trinajstić information content (AvgIpc) is 2.92. The maximum atomic E-state index is 16.0. The molecule has 1 amide bonds. The Hall–Kier alpha value is -4.70. The van der Waals surface area contributed by atoms with Gasteiger partial charge in [-0.2, -0.15) is 5.26 Å². The van der Waals surface area contributed by atoms with E-state index in [0.29, 0.717) is 5.52 Å². The number of anilines is 2. The van der Waals surface area contributed by atoms with Gasteiger partial charge in [-0.3, -0.25) is 14.1 Å². The standard InChI is InChI=1S/C26H22F2N6O4S/c1-3-10-39(36,37)34(14-16-4-7-22(38-2)19(27)11-16)21-6-5-17(12-29)24(23(21)28)33-26(35)18-8-9-31-20-13-30-15-32-25(18)20/h4-9,11,13,15H,3,10,14H2,1-2H3,(H,33,35). The van der Waals surface area contributed by atoms with Gasteiger partial charge in [0.2, 0.25) is 10.0 Å². The summed E-state index contributed by atoms with van der Waals surface area (Å²) in [6, 6.07) is 9.38. The third-order valence-electron chi connectivity index (χ3n) is 5.74. The van der Waals surface area contributed by atoms with Crippen LogP contribution in [-0.2, 0) is 16.6 Å². The molecule has 200 valence electrons. The van der Waals surface area contributed by atoms with E-state index in [1.807, 2.05) is 0 Å². The lowest BCUT2D eigenvalue weighted by Crippen LogP contribution is -2.33. The van der Waals surface area contributed by atoms with Gasteiger partial charge in [-0.05, 0) is 42.3 Å². The Kier molecular flexibility index (Phi) is 7.96. The number of rotatable bonds is 9. The first kappa shape index (κ1) is 27.3.